The number of ketones is 4. The number of aromatic nitrogens is 6. The van der Waals surface area contributed by atoms with Gasteiger partial charge in [0.2, 0.25) is 23.1 Å². The predicted molar refractivity (Wildman–Crippen MR) is 432 cm³/mol. The van der Waals surface area contributed by atoms with Gasteiger partial charge >= 0.3 is 0 Å². The number of rotatable bonds is 0. The van der Waals surface area contributed by atoms with E-state index in [9.17, 15) is 19.2 Å². The summed E-state index contributed by atoms with van der Waals surface area (Å²) in [5.74, 6) is -0.523. The fraction of sp³-hybridized carbons (Fsp3) is 0.333. The molecule has 0 fully saturated rings. The maximum atomic E-state index is 14.6. The van der Waals surface area contributed by atoms with E-state index in [4.69, 9.17) is 19.9 Å². The average Bonchev–Trinajstić information content (AvgIpc) is 1.56. The Labute approximate surface area is 622 Å². The van der Waals surface area contributed by atoms with E-state index >= 15 is 0 Å². The molecule has 0 atom stereocenters. The van der Waals surface area contributed by atoms with Gasteiger partial charge in [-0.1, -0.05) is 190 Å². The molecular formula is C96H90N6O4. The molecule has 4 aliphatic heterocycles. The Hall–Kier alpha value is -11.0. The van der Waals surface area contributed by atoms with Gasteiger partial charge in [0.25, 0.3) is 0 Å². The third-order valence-corrected chi connectivity index (χ3v) is 21.7. The predicted octanol–water partition coefficient (Wildman–Crippen LogP) is 22.6. The van der Waals surface area contributed by atoms with Crippen LogP contribution in [0.15, 0.2) is 97.1 Å². The van der Waals surface area contributed by atoms with E-state index in [2.05, 4.69) is 273 Å². The number of H-pyrrole nitrogens is 2. The lowest BCUT2D eigenvalue weighted by atomic mass is 9.83. The van der Waals surface area contributed by atoms with Crippen molar-refractivity contribution >= 4 is 132 Å². The van der Waals surface area contributed by atoms with Crippen molar-refractivity contribution in [1.29, 1.82) is 0 Å². The van der Waals surface area contributed by atoms with Gasteiger partial charge in [-0.05, 0) is 209 Å². The van der Waals surface area contributed by atoms with Gasteiger partial charge in [0.1, 0.15) is 22.8 Å². The fourth-order valence-electron chi connectivity index (χ4n) is 14.8. The van der Waals surface area contributed by atoms with Crippen LogP contribution >= 0.6 is 0 Å². The van der Waals surface area contributed by atoms with Crippen LogP contribution in [-0.2, 0) is 43.3 Å². The van der Waals surface area contributed by atoms with Crippen molar-refractivity contribution in [1.82, 2.24) is 29.9 Å². The first-order chi connectivity index (χ1) is 49.2. The molecule has 10 nitrogen and oxygen atoms in total. The molecule has 4 aromatic heterocycles. The Morgan fingerprint density at radius 1 is 0.226 bits per heavy atom. The fourth-order valence-corrected chi connectivity index (χ4v) is 14.8. The molecule has 0 unspecified atom stereocenters. The molecule has 0 aliphatic carbocycles. The third kappa shape index (κ3) is 11.7. The van der Waals surface area contributed by atoms with Gasteiger partial charge in [-0.2, -0.15) is 0 Å². The van der Waals surface area contributed by atoms with Crippen molar-refractivity contribution in [3.63, 3.8) is 0 Å². The first-order valence-electron chi connectivity index (χ1n) is 36.8. The zero-order chi connectivity index (χ0) is 76.3. The molecular weight excluding hydrogens is 1300 g/mol. The molecule has 4 aliphatic rings. The summed E-state index contributed by atoms with van der Waals surface area (Å²) in [6, 6.07) is 58.8. The molecule has 0 amide bonds. The van der Waals surface area contributed by atoms with Crippen LogP contribution in [0.1, 0.15) is 275 Å². The van der Waals surface area contributed by atoms with Gasteiger partial charge in [0.05, 0.1) is 87.9 Å². The largest absolute Gasteiger partial charge is 0.353 e. The van der Waals surface area contributed by atoms with E-state index in [0.29, 0.717) is 88.6 Å². The number of fused-ring (bicyclic) bond motifs is 10. The van der Waals surface area contributed by atoms with Crippen molar-refractivity contribution in [2.45, 2.75) is 209 Å². The topological polar surface area (TPSA) is 151 Å². The molecule has 16 rings (SSSR count). The van der Waals surface area contributed by atoms with Crippen molar-refractivity contribution < 1.29 is 19.2 Å². The molecule has 2 N–H and O–H groups in total. The Bertz CT molecular complexity index is 5580. The summed E-state index contributed by atoms with van der Waals surface area (Å²) in [5, 5.41) is 9.47. The smallest absolute Gasteiger partial charge is 0.214 e. The third-order valence-electron chi connectivity index (χ3n) is 21.7. The van der Waals surface area contributed by atoms with Crippen LogP contribution < -0.4 is 0 Å². The monoisotopic (exact) mass is 1390 g/mol. The summed E-state index contributed by atoms with van der Waals surface area (Å²) < 4.78 is 0. The number of hydrogen-bond acceptors (Lipinski definition) is 8. The lowest BCUT2D eigenvalue weighted by Crippen LogP contribution is -2.12. The lowest BCUT2D eigenvalue weighted by molar-refractivity contribution is 0.103. The van der Waals surface area contributed by atoms with Crippen LogP contribution in [-0.4, -0.2) is 53.0 Å². The molecule has 0 spiro atoms. The number of hydrogen-bond donors (Lipinski definition) is 2. The van der Waals surface area contributed by atoms with E-state index in [0.717, 1.165) is 110 Å². The van der Waals surface area contributed by atoms with Crippen LogP contribution in [0, 0.1) is 48.5 Å². The van der Waals surface area contributed by atoms with Crippen molar-refractivity contribution in [2.24, 2.45) is 0 Å². The van der Waals surface area contributed by atoms with E-state index in [-0.39, 0.29) is 66.5 Å². The molecule has 10 heteroatoms. The zero-order valence-electron chi connectivity index (χ0n) is 65.7. The molecule has 8 heterocycles. The number of carbonyl (C=O) groups is 4. The molecule has 0 saturated heterocycles. The number of aromatic amines is 2. The number of nitrogens with zero attached hydrogens (tertiary/aromatic N) is 4. The van der Waals surface area contributed by atoms with E-state index in [1.165, 1.54) is 0 Å². The molecule has 106 heavy (non-hydrogen) atoms. The summed E-state index contributed by atoms with van der Waals surface area (Å²) in [5.41, 5.74) is 15.7. The van der Waals surface area contributed by atoms with Crippen molar-refractivity contribution in [3.8, 4) is 0 Å². The summed E-state index contributed by atoms with van der Waals surface area (Å²) >= 11 is 0. The summed E-state index contributed by atoms with van der Waals surface area (Å²) in [6.07, 6.45) is 0. The first kappa shape index (κ1) is 70.6. The minimum atomic E-state index is -0.231. The molecule has 8 aromatic carbocycles. The Balaban J connectivity index is 0.000000170. The van der Waals surface area contributed by atoms with Crippen LogP contribution in [0.5, 0.6) is 0 Å². The van der Waals surface area contributed by atoms with Crippen LogP contribution in [0.25, 0.3) is 109 Å². The maximum absolute atomic E-state index is 14.6. The van der Waals surface area contributed by atoms with Crippen molar-refractivity contribution in [3.05, 3.63) is 235 Å². The van der Waals surface area contributed by atoms with E-state index < -0.39 is 0 Å². The average molecular weight is 1390 g/mol. The molecule has 0 radical (unpaired) electrons. The standard InChI is InChI=1S/2C48H45N3O2/c2*1-45(2,3)27-17-25-15-13-14-16-26-18-28(46(4,5)6)24-36-38(26)50-42(44(36)53)34-22-30(48(10,11)12)20-32-31-19-29(47(7,8)9)21-33(39(31)51-40(32)34)41-43(52)35(23-27)37(25)49-41/h2*17-24,51H,1-12H3. The highest BCUT2D eigenvalue weighted by Gasteiger charge is 2.35. The Kier molecular flexibility index (Phi) is 15.5. The molecule has 12 aromatic rings. The maximum Gasteiger partial charge on any atom is 0.214 e. The Morgan fingerprint density at radius 3 is 0.557 bits per heavy atom. The molecule has 12 bridgehead atoms. The van der Waals surface area contributed by atoms with Gasteiger partial charge < -0.3 is 9.97 Å². The van der Waals surface area contributed by atoms with Gasteiger partial charge in [-0.3, -0.25) is 19.2 Å². The summed E-state index contributed by atoms with van der Waals surface area (Å²) in [7, 11) is 0. The van der Waals surface area contributed by atoms with Gasteiger partial charge in [-0.15, -0.1) is 0 Å². The minimum Gasteiger partial charge on any atom is -0.353 e. The second-order valence-electron chi connectivity index (χ2n) is 37.9. The highest BCUT2D eigenvalue weighted by atomic mass is 16.1. The second-order valence-corrected chi connectivity index (χ2v) is 37.9. The minimum absolute atomic E-state index is 0.131. The number of benzene rings is 8. The lowest BCUT2D eigenvalue weighted by Gasteiger charge is -2.21. The van der Waals surface area contributed by atoms with Crippen molar-refractivity contribution in [2.75, 3.05) is 0 Å². The summed E-state index contributed by atoms with van der Waals surface area (Å²) in [6.45, 7) is 51.8. The van der Waals surface area contributed by atoms with E-state index in [1.54, 1.807) is 0 Å². The summed E-state index contributed by atoms with van der Waals surface area (Å²) in [4.78, 5) is 86.4. The quantitative estimate of drug-likeness (QED) is 0.152. The zero-order valence-corrected chi connectivity index (χ0v) is 65.7. The van der Waals surface area contributed by atoms with Crippen LogP contribution in [0.2, 0.25) is 0 Å². The number of carbonyl (C=O) groups excluding carboxylic acids is 4. The van der Waals surface area contributed by atoms with Crippen LogP contribution in [0.3, 0.4) is 0 Å². The normalized spacial score (nSPS) is 13.8. The van der Waals surface area contributed by atoms with Gasteiger partial charge in [0, 0.05) is 43.1 Å². The molecule has 0 saturated carbocycles. The van der Waals surface area contributed by atoms with Gasteiger partial charge in [-0.25, -0.2) is 19.9 Å². The second kappa shape index (κ2) is 23.2. The number of nitrogens with one attached hydrogen (secondary N) is 2. The van der Waals surface area contributed by atoms with Crippen LogP contribution in [0.4, 0.5) is 0 Å². The highest BCUT2D eigenvalue weighted by Crippen LogP contribution is 2.46. The highest BCUT2D eigenvalue weighted by molar-refractivity contribution is 6.31. The first-order valence-corrected chi connectivity index (χ1v) is 36.8. The molecule has 528 valence electrons. The van der Waals surface area contributed by atoms with E-state index in [1.807, 2.05) is 48.5 Å². The SMILES string of the molecule is CC(C)(C)c1cc2c3nc(c4cc(C(C)(C)C)cc5c6cc(C(C)(C)C)cc(c7nc8c(cc(C(C)(C)C)cc8c#cc#cc3c1)C7=O)c6[nH]c45)C2=O.CC(C)(C)c1cc2c3nc(c4cc(C(C)(C)C)cc5c6cc(C(C)(C)C)cc(c7nc8c(cc(C(C)(C)C)cc8c#cc#cc3c1)C7=O)c6[nH]c45)C2=O. The Morgan fingerprint density at radius 2 is 0.387 bits per heavy atom. The van der Waals surface area contributed by atoms with Gasteiger partial charge in [0.15, 0.2) is 0 Å².